The summed E-state index contributed by atoms with van der Waals surface area (Å²) in [6.07, 6.45) is 8.22. The number of hydrogen-bond acceptors (Lipinski definition) is 4. The number of anilines is 2. The van der Waals surface area contributed by atoms with Gasteiger partial charge in [0.05, 0.1) is 0 Å². The minimum Gasteiger partial charge on any atom is -0.370 e. The van der Waals surface area contributed by atoms with Crippen molar-refractivity contribution in [2.75, 3.05) is 23.7 Å². The van der Waals surface area contributed by atoms with Crippen molar-refractivity contribution >= 4 is 11.6 Å². The van der Waals surface area contributed by atoms with Crippen LogP contribution < -0.4 is 10.6 Å². The Labute approximate surface area is 110 Å². The summed E-state index contributed by atoms with van der Waals surface area (Å²) in [6.45, 7) is 6.20. The zero-order valence-corrected chi connectivity index (χ0v) is 11.5. The molecule has 0 spiro atoms. The standard InChI is InChI=1S/C14H24N4/c1-3-8-15-13-11(2)14(18-10-17-13)16-9-4-5-12-6-7-12/h10,12H,3-9H2,1-2H3,(H2,15,16,17,18). The average molecular weight is 248 g/mol. The predicted octanol–water partition coefficient (Wildman–Crippen LogP) is 3.21. The van der Waals surface area contributed by atoms with Crippen LogP contribution in [0, 0.1) is 12.8 Å². The van der Waals surface area contributed by atoms with Crippen LogP contribution in [0.15, 0.2) is 6.33 Å². The van der Waals surface area contributed by atoms with Crippen molar-refractivity contribution in [1.82, 2.24) is 9.97 Å². The van der Waals surface area contributed by atoms with Crippen molar-refractivity contribution in [3.63, 3.8) is 0 Å². The molecule has 1 fully saturated rings. The Morgan fingerprint density at radius 1 is 1.17 bits per heavy atom. The van der Waals surface area contributed by atoms with Gasteiger partial charge in [-0.15, -0.1) is 0 Å². The molecule has 2 N–H and O–H groups in total. The first-order chi connectivity index (χ1) is 8.81. The first kappa shape index (κ1) is 13.1. The van der Waals surface area contributed by atoms with Crippen molar-refractivity contribution in [3.8, 4) is 0 Å². The molecular weight excluding hydrogens is 224 g/mol. The van der Waals surface area contributed by atoms with Crippen LogP contribution in [0.1, 0.15) is 44.6 Å². The highest BCUT2D eigenvalue weighted by Crippen LogP contribution is 2.33. The van der Waals surface area contributed by atoms with Crippen molar-refractivity contribution in [2.45, 2.75) is 46.0 Å². The number of rotatable bonds is 8. The van der Waals surface area contributed by atoms with Gasteiger partial charge in [0, 0.05) is 18.7 Å². The number of nitrogens with one attached hydrogen (secondary N) is 2. The van der Waals surface area contributed by atoms with E-state index in [1.165, 1.54) is 25.7 Å². The largest absolute Gasteiger partial charge is 0.370 e. The SMILES string of the molecule is CCCNc1ncnc(NCCCC2CC2)c1C. The van der Waals surface area contributed by atoms with Gasteiger partial charge in [-0.3, -0.25) is 0 Å². The van der Waals surface area contributed by atoms with Gasteiger partial charge in [-0.2, -0.15) is 0 Å². The summed E-state index contributed by atoms with van der Waals surface area (Å²) in [4.78, 5) is 8.60. The molecule has 1 saturated carbocycles. The zero-order valence-electron chi connectivity index (χ0n) is 11.5. The Bertz CT molecular complexity index is 374. The van der Waals surface area contributed by atoms with E-state index in [2.05, 4.69) is 34.4 Å². The molecule has 0 unspecified atom stereocenters. The molecule has 0 bridgehead atoms. The highest BCUT2D eigenvalue weighted by atomic mass is 15.1. The van der Waals surface area contributed by atoms with Crippen molar-refractivity contribution < 1.29 is 0 Å². The molecule has 0 aliphatic heterocycles. The highest BCUT2D eigenvalue weighted by Gasteiger charge is 2.20. The number of nitrogens with zero attached hydrogens (tertiary/aromatic N) is 2. The lowest BCUT2D eigenvalue weighted by Crippen LogP contribution is -2.09. The lowest BCUT2D eigenvalue weighted by molar-refractivity contribution is 0.686. The summed E-state index contributed by atoms with van der Waals surface area (Å²) in [5.74, 6) is 2.94. The monoisotopic (exact) mass is 248 g/mol. The van der Waals surface area contributed by atoms with E-state index in [0.717, 1.165) is 42.6 Å². The van der Waals surface area contributed by atoms with Crippen LogP contribution in [0.3, 0.4) is 0 Å². The van der Waals surface area contributed by atoms with Crippen LogP contribution in [0.4, 0.5) is 11.6 Å². The molecule has 1 heterocycles. The first-order valence-corrected chi connectivity index (χ1v) is 7.10. The molecular formula is C14H24N4. The molecule has 0 aromatic carbocycles. The smallest absolute Gasteiger partial charge is 0.134 e. The molecule has 1 aromatic rings. The van der Waals surface area contributed by atoms with Gasteiger partial charge >= 0.3 is 0 Å². The second-order valence-electron chi connectivity index (χ2n) is 5.14. The third kappa shape index (κ3) is 3.86. The number of aromatic nitrogens is 2. The van der Waals surface area contributed by atoms with Crippen molar-refractivity contribution in [3.05, 3.63) is 11.9 Å². The molecule has 4 heteroatoms. The minimum atomic E-state index is 0.955. The molecule has 0 saturated heterocycles. The van der Waals surface area contributed by atoms with Gasteiger partial charge in [-0.25, -0.2) is 9.97 Å². The molecule has 0 amide bonds. The van der Waals surface area contributed by atoms with Crippen LogP contribution in [-0.2, 0) is 0 Å². The molecule has 1 aromatic heterocycles. The van der Waals surface area contributed by atoms with Crippen LogP contribution in [0.2, 0.25) is 0 Å². The van der Waals surface area contributed by atoms with Gasteiger partial charge in [-0.1, -0.05) is 19.8 Å². The minimum absolute atomic E-state index is 0.955. The van der Waals surface area contributed by atoms with E-state index < -0.39 is 0 Å². The van der Waals surface area contributed by atoms with E-state index in [-0.39, 0.29) is 0 Å². The van der Waals surface area contributed by atoms with Gasteiger partial charge < -0.3 is 10.6 Å². The summed E-state index contributed by atoms with van der Waals surface area (Å²) in [5, 5.41) is 6.75. The maximum atomic E-state index is 4.32. The molecule has 1 aliphatic rings. The van der Waals surface area contributed by atoms with E-state index in [0.29, 0.717) is 0 Å². The van der Waals surface area contributed by atoms with Gasteiger partial charge in [0.1, 0.15) is 18.0 Å². The van der Waals surface area contributed by atoms with Crippen molar-refractivity contribution in [1.29, 1.82) is 0 Å². The van der Waals surface area contributed by atoms with Crippen LogP contribution in [0.5, 0.6) is 0 Å². The fourth-order valence-electron chi connectivity index (χ4n) is 2.05. The molecule has 0 atom stereocenters. The second kappa shape index (κ2) is 6.57. The van der Waals surface area contributed by atoms with Crippen molar-refractivity contribution in [2.24, 2.45) is 5.92 Å². The normalized spacial score (nSPS) is 14.6. The Balaban J connectivity index is 1.82. The second-order valence-corrected chi connectivity index (χ2v) is 5.14. The van der Waals surface area contributed by atoms with E-state index in [4.69, 9.17) is 0 Å². The maximum absolute atomic E-state index is 4.32. The molecule has 18 heavy (non-hydrogen) atoms. The Morgan fingerprint density at radius 2 is 1.83 bits per heavy atom. The van der Waals surface area contributed by atoms with Crippen LogP contribution in [-0.4, -0.2) is 23.1 Å². The van der Waals surface area contributed by atoms with Crippen LogP contribution in [0.25, 0.3) is 0 Å². The summed E-state index contributed by atoms with van der Waals surface area (Å²) >= 11 is 0. The lowest BCUT2D eigenvalue weighted by Gasteiger charge is -2.12. The van der Waals surface area contributed by atoms with E-state index in [1.807, 2.05) is 0 Å². The summed E-state index contributed by atoms with van der Waals surface area (Å²) in [6, 6.07) is 0. The summed E-state index contributed by atoms with van der Waals surface area (Å²) < 4.78 is 0. The quantitative estimate of drug-likeness (QED) is 0.694. The Morgan fingerprint density at radius 3 is 2.44 bits per heavy atom. The third-order valence-electron chi connectivity index (χ3n) is 3.41. The number of hydrogen-bond donors (Lipinski definition) is 2. The topological polar surface area (TPSA) is 49.8 Å². The Kier molecular flexibility index (Phi) is 4.79. The van der Waals surface area contributed by atoms with E-state index in [9.17, 15) is 0 Å². The Hall–Kier alpha value is -1.32. The molecule has 100 valence electrons. The predicted molar refractivity (Wildman–Crippen MR) is 76.0 cm³/mol. The van der Waals surface area contributed by atoms with Gasteiger partial charge in [0.15, 0.2) is 0 Å². The zero-order chi connectivity index (χ0) is 12.8. The molecule has 2 rings (SSSR count). The fraction of sp³-hybridized carbons (Fsp3) is 0.714. The first-order valence-electron chi connectivity index (χ1n) is 7.10. The molecule has 4 nitrogen and oxygen atoms in total. The van der Waals surface area contributed by atoms with Crippen LogP contribution >= 0.6 is 0 Å². The van der Waals surface area contributed by atoms with Gasteiger partial charge in [-0.05, 0) is 32.1 Å². The third-order valence-corrected chi connectivity index (χ3v) is 3.41. The fourth-order valence-corrected chi connectivity index (χ4v) is 2.05. The highest BCUT2D eigenvalue weighted by molar-refractivity contribution is 5.56. The van der Waals surface area contributed by atoms with Gasteiger partial charge in [0.25, 0.3) is 0 Å². The maximum Gasteiger partial charge on any atom is 0.134 e. The summed E-state index contributed by atoms with van der Waals surface area (Å²) in [7, 11) is 0. The average Bonchev–Trinajstić information content (AvgIpc) is 3.19. The molecule has 1 aliphatic carbocycles. The van der Waals surface area contributed by atoms with Gasteiger partial charge in [0.2, 0.25) is 0 Å². The lowest BCUT2D eigenvalue weighted by atomic mass is 10.2. The molecule has 0 radical (unpaired) electrons. The summed E-state index contributed by atoms with van der Waals surface area (Å²) in [5.41, 5.74) is 1.12. The van der Waals surface area contributed by atoms with E-state index >= 15 is 0 Å². The van der Waals surface area contributed by atoms with E-state index in [1.54, 1.807) is 6.33 Å².